The Hall–Kier alpha value is -0.610. The second-order valence-corrected chi connectivity index (χ2v) is 4.18. The van der Waals surface area contributed by atoms with E-state index in [2.05, 4.69) is 10.6 Å². The van der Waals surface area contributed by atoms with E-state index >= 15 is 0 Å². The van der Waals surface area contributed by atoms with Crippen molar-refractivity contribution < 1.29 is 10.5 Å². The van der Waals surface area contributed by atoms with Crippen LogP contribution in [0.5, 0.6) is 0 Å². The van der Waals surface area contributed by atoms with Gasteiger partial charge in [0.1, 0.15) is 0 Å². The second-order valence-electron chi connectivity index (χ2n) is 4.18. The Morgan fingerprint density at radius 2 is 1.86 bits per heavy atom. The first-order valence-electron chi connectivity index (χ1n) is 5.45. The molecule has 1 amide bonds. The molecule has 1 saturated heterocycles. The van der Waals surface area contributed by atoms with Gasteiger partial charge in [-0.2, -0.15) is 0 Å². The molecule has 3 N–H and O–H groups in total. The van der Waals surface area contributed by atoms with Crippen LogP contribution in [0.15, 0.2) is 0 Å². The van der Waals surface area contributed by atoms with E-state index in [1.807, 2.05) is 18.7 Å². The van der Waals surface area contributed by atoms with Gasteiger partial charge in [-0.15, -0.1) is 0 Å². The van der Waals surface area contributed by atoms with Crippen molar-refractivity contribution in [3.8, 4) is 0 Å². The summed E-state index contributed by atoms with van der Waals surface area (Å²) in [4.78, 5) is 16.0. The fourth-order valence-electron chi connectivity index (χ4n) is 1.78. The highest BCUT2D eigenvalue weighted by molar-refractivity contribution is 5.78. The van der Waals surface area contributed by atoms with Crippen LogP contribution >= 0.6 is 0 Å². The highest BCUT2D eigenvalue weighted by atomic mass is 16.2. The molecule has 0 saturated carbocycles. The number of quaternary nitrogens is 1. The summed E-state index contributed by atoms with van der Waals surface area (Å²) in [6, 6.07) is 0. The van der Waals surface area contributed by atoms with Gasteiger partial charge in [0.05, 0.1) is 6.54 Å². The molecule has 0 aromatic rings. The van der Waals surface area contributed by atoms with Crippen LogP contribution in [0.3, 0.4) is 0 Å². The minimum Gasteiger partial charge on any atom is -0.357 e. The Bertz CT molecular complexity index is 186. The largest absolute Gasteiger partial charge is 0.357 e. The van der Waals surface area contributed by atoms with Crippen LogP contribution in [0, 0.1) is 5.92 Å². The van der Waals surface area contributed by atoms with E-state index in [1.54, 1.807) is 0 Å². The van der Waals surface area contributed by atoms with Gasteiger partial charge < -0.3 is 10.6 Å². The van der Waals surface area contributed by atoms with Gasteiger partial charge in [0.15, 0.2) is 0 Å². The minimum atomic E-state index is 0.134. The summed E-state index contributed by atoms with van der Waals surface area (Å²) < 4.78 is 0. The molecule has 1 aliphatic rings. The van der Waals surface area contributed by atoms with Crippen LogP contribution in [0.1, 0.15) is 13.8 Å². The molecule has 0 spiro atoms. The summed E-state index contributed by atoms with van der Waals surface area (Å²) in [7, 11) is 0. The molecule has 1 rings (SSSR count). The molecule has 1 heterocycles. The Kier molecular flexibility index (Phi) is 4.35. The molecule has 0 aromatic carbocycles. The number of carbonyl (C=O) groups is 1. The lowest BCUT2D eigenvalue weighted by Gasteiger charge is -2.34. The molecule has 4 nitrogen and oxygen atoms in total. The normalized spacial score (nSPS) is 19.0. The third-order valence-corrected chi connectivity index (χ3v) is 2.65. The van der Waals surface area contributed by atoms with Crippen molar-refractivity contribution in [3.05, 3.63) is 0 Å². The second kappa shape index (κ2) is 5.32. The summed E-state index contributed by atoms with van der Waals surface area (Å²) in [5.74, 6) is 0.425. The Morgan fingerprint density at radius 3 is 2.29 bits per heavy atom. The third-order valence-electron chi connectivity index (χ3n) is 2.65. The van der Waals surface area contributed by atoms with E-state index < -0.39 is 0 Å². The first kappa shape index (κ1) is 11.5. The predicted molar refractivity (Wildman–Crippen MR) is 55.6 cm³/mol. The van der Waals surface area contributed by atoms with Crippen molar-refractivity contribution in [1.82, 2.24) is 9.80 Å². The maximum Gasteiger partial charge on any atom is 0.225 e. The summed E-state index contributed by atoms with van der Waals surface area (Å²) in [6.07, 6.45) is 0. The third kappa shape index (κ3) is 2.96. The highest BCUT2D eigenvalue weighted by Gasteiger charge is 2.22. The van der Waals surface area contributed by atoms with E-state index in [0.29, 0.717) is 5.91 Å². The van der Waals surface area contributed by atoms with Gasteiger partial charge in [-0.3, -0.25) is 9.69 Å². The standard InChI is InChI=1S/C10H21N3O/c1-9(2)10(14)13-7-5-12(4-3-11)6-8-13/h9H,3-8,11H2,1-2H3/p+1. The highest BCUT2D eigenvalue weighted by Crippen LogP contribution is 2.06. The van der Waals surface area contributed by atoms with Gasteiger partial charge in [-0.05, 0) is 0 Å². The Balaban J connectivity index is 2.32. The number of hydrogen-bond donors (Lipinski definition) is 1. The van der Waals surface area contributed by atoms with Crippen molar-refractivity contribution >= 4 is 5.91 Å². The molecule has 4 heteroatoms. The number of hydrogen-bond acceptors (Lipinski definition) is 2. The van der Waals surface area contributed by atoms with Gasteiger partial charge in [0, 0.05) is 38.6 Å². The topological polar surface area (TPSA) is 51.2 Å². The number of nitrogens with zero attached hydrogens (tertiary/aromatic N) is 2. The molecule has 1 aliphatic heterocycles. The maximum atomic E-state index is 11.7. The van der Waals surface area contributed by atoms with Crippen LogP contribution in [-0.4, -0.2) is 55.0 Å². The number of rotatable bonds is 3. The van der Waals surface area contributed by atoms with Crippen molar-refractivity contribution in [1.29, 1.82) is 0 Å². The zero-order valence-corrected chi connectivity index (χ0v) is 9.33. The van der Waals surface area contributed by atoms with Crippen LogP contribution in [0.25, 0.3) is 0 Å². The zero-order valence-electron chi connectivity index (χ0n) is 9.33. The van der Waals surface area contributed by atoms with E-state index in [4.69, 9.17) is 0 Å². The molecule has 1 fully saturated rings. The smallest absolute Gasteiger partial charge is 0.225 e. The SMILES string of the molecule is CC(C)C(=O)N1CCN(CC[NH3+])CC1. The average Bonchev–Trinajstić information content (AvgIpc) is 2.18. The van der Waals surface area contributed by atoms with Crippen LogP contribution in [0.2, 0.25) is 0 Å². The van der Waals surface area contributed by atoms with Crippen LogP contribution < -0.4 is 5.73 Å². The number of piperazine rings is 1. The van der Waals surface area contributed by atoms with Gasteiger partial charge in [0.25, 0.3) is 0 Å². The van der Waals surface area contributed by atoms with Crippen LogP contribution in [-0.2, 0) is 4.79 Å². The molecular formula is C10H22N3O+. The lowest BCUT2D eigenvalue weighted by atomic mass is 10.1. The Morgan fingerprint density at radius 1 is 1.29 bits per heavy atom. The Labute approximate surface area is 86.0 Å². The molecule has 0 aromatic heterocycles. The van der Waals surface area contributed by atoms with Gasteiger partial charge in [-0.1, -0.05) is 13.8 Å². The average molecular weight is 200 g/mol. The van der Waals surface area contributed by atoms with E-state index in [-0.39, 0.29) is 5.92 Å². The van der Waals surface area contributed by atoms with Crippen LogP contribution in [0.4, 0.5) is 0 Å². The fourth-order valence-corrected chi connectivity index (χ4v) is 1.78. The molecular weight excluding hydrogens is 178 g/mol. The van der Waals surface area contributed by atoms with Gasteiger partial charge in [-0.25, -0.2) is 0 Å². The molecule has 0 unspecified atom stereocenters. The quantitative estimate of drug-likeness (QED) is 0.637. The van der Waals surface area contributed by atoms with Crippen molar-refractivity contribution in [3.63, 3.8) is 0 Å². The van der Waals surface area contributed by atoms with Gasteiger partial charge >= 0.3 is 0 Å². The van der Waals surface area contributed by atoms with Gasteiger partial charge in [0.2, 0.25) is 5.91 Å². The monoisotopic (exact) mass is 200 g/mol. The lowest BCUT2D eigenvalue weighted by molar-refractivity contribution is -0.369. The molecule has 82 valence electrons. The predicted octanol–water partition coefficient (Wildman–Crippen LogP) is -0.971. The van der Waals surface area contributed by atoms with Crippen molar-refractivity contribution in [2.45, 2.75) is 13.8 Å². The number of amides is 1. The fraction of sp³-hybridized carbons (Fsp3) is 0.900. The minimum absolute atomic E-state index is 0.134. The molecule has 0 bridgehead atoms. The summed E-state index contributed by atoms with van der Waals surface area (Å²) in [5, 5.41) is 0. The zero-order chi connectivity index (χ0) is 10.6. The van der Waals surface area contributed by atoms with E-state index in [1.165, 1.54) is 0 Å². The van der Waals surface area contributed by atoms with Crippen molar-refractivity contribution in [2.24, 2.45) is 5.92 Å². The van der Waals surface area contributed by atoms with Crippen molar-refractivity contribution in [2.75, 3.05) is 39.3 Å². The van der Waals surface area contributed by atoms with E-state index in [0.717, 1.165) is 39.3 Å². The first-order valence-corrected chi connectivity index (χ1v) is 5.45. The maximum absolute atomic E-state index is 11.7. The van der Waals surface area contributed by atoms with E-state index in [9.17, 15) is 4.79 Å². The summed E-state index contributed by atoms with van der Waals surface area (Å²) >= 11 is 0. The first-order chi connectivity index (χ1) is 6.65. The molecule has 0 aliphatic carbocycles. The summed E-state index contributed by atoms with van der Waals surface area (Å²) in [6.45, 7) is 9.73. The lowest BCUT2D eigenvalue weighted by Crippen LogP contribution is -2.58. The molecule has 14 heavy (non-hydrogen) atoms. The summed E-state index contributed by atoms with van der Waals surface area (Å²) in [5.41, 5.74) is 3.84. The number of carbonyl (C=O) groups excluding carboxylic acids is 1. The molecule has 0 radical (unpaired) electrons. The molecule has 0 atom stereocenters.